The molecule has 12 nitrogen and oxygen atoms in total. The Morgan fingerprint density at radius 3 is 1.80 bits per heavy atom. The fourth-order valence-electron chi connectivity index (χ4n) is 9.12. The van der Waals surface area contributed by atoms with Crippen LogP contribution < -0.4 is 20.3 Å². The van der Waals surface area contributed by atoms with E-state index in [1.807, 2.05) is 87.3 Å². The van der Waals surface area contributed by atoms with E-state index in [9.17, 15) is 9.59 Å². The van der Waals surface area contributed by atoms with Gasteiger partial charge in [-0.3, -0.25) is 15.0 Å². The zero-order valence-electron chi connectivity index (χ0n) is 40.4. The van der Waals surface area contributed by atoms with Crippen LogP contribution in [0.4, 0.5) is 0 Å². The molecular weight excluding hydrogens is 888 g/mol. The van der Waals surface area contributed by atoms with E-state index in [1.165, 1.54) is 22.3 Å². The van der Waals surface area contributed by atoms with Crippen molar-refractivity contribution < 1.29 is 29.1 Å². The van der Waals surface area contributed by atoms with Crippen molar-refractivity contribution in [3.63, 3.8) is 0 Å². The van der Waals surface area contributed by atoms with Crippen molar-refractivity contribution in [3.8, 4) is 11.5 Å². The fraction of sp³-hybridized carbons (Fsp3) is 0.268. The lowest BCUT2D eigenvalue weighted by molar-refractivity contribution is -0.119. The van der Waals surface area contributed by atoms with Crippen molar-refractivity contribution in [3.05, 3.63) is 199 Å². The number of hydrazone groups is 1. The summed E-state index contributed by atoms with van der Waals surface area (Å²) in [5.74, 6) is 1.57. The van der Waals surface area contributed by atoms with Crippen molar-refractivity contribution in [2.24, 2.45) is 15.4 Å². The second-order valence-electron chi connectivity index (χ2n) is 17.6. The minimum atomic E-state index is -0.788. The molecule has 6 aromatic rings. The first-order valence-corrected chi connectivity index (χ1v) is 23.3. The summed E-state index contributed by atoms with van der Waals surface area (Å²) in [6, 6.07) is 39.7. The topological polar surface area (TPSA) is 146 Å². The number of fused-ring (bicyclic) bond motifs is 2. The number of benzene rings is 6. The van der Waals surface area contributed by atoms with Gasteiger partial charge in [-0.2, -0.15) is 5.10 Å². The Balaban J connectivity index is 0.000000172. The van der Waals surface area contributed by atoms with Crippen molar-refractivity contribution in [1.82, 2.24) is 15.9 Å². The monoisotopic (exact) mass is 946 g/mol. The molecule has 0 saturated heterocycles. The van der Waals surface area contributed by atoms with Gasteiger partial charge in [0.2, 0.25) is 5.72 Å². The molecular formula is C56H59ClN6O6. The smallest absolute Gasteiger partial charge is 0.271 e. The standard InChI is InChI=1S/C28H29N3O3.C19H20N2O2.C9H10ClNO/c1-18-14-19(2)16-23(15-18)26-30-34-28(13-12-21-8-5-6-9-22(21)17-28)31(26)29-27(32)24-10-7-11-25(33-4)20(24)3;1-13-17(8-5-9-18(13)23-2)19(22)21-20-16-11-10-14-6-3-4-7-15(14)12-16;1-6-3-7(2)5-8(4-6)9(10)11-12/h5-11,14-16H,12-13,17H2,1-4H3,(H,29,32);3-9H,10-12H2,1-2H3,(H,21,22);3-5,12H,1-2H3/b;20-16+;11-9-. The molecule has 0 fully saturated rings. The number of hydrazine groups is 1. The summed E-state index contributed by atoms with van der Waals surface area (Å²) in [5, 5.41) is 22.2. The summed E-state index contributed by atoms with van der Waals surface area (Å²) in [6.45, 7) is 11.8. The molecule has 2 aliphatic carbocycles. The van der Waals surface area contributed by atoms with Crippen molar-refractivity contribution in [2.45, 2.75) is 85.8 Å². The highest BCUT2D eigenvalue weighted by atomic mass is 35.5. The van der Waals surface area contributed by atoms with Gasteiger partial charge in [-0.05, 0) is 132 Å². The third kappa shape index (κ3) is 11.6. The molecule has 69 heavy (non-hydrogen) atoms. The van der Waals surface area contributed by atoms with Gasteiger partial charge in [0.1, 0.15) is 11.5 Å². The van der Waals surface area contributed by atoms with Crippen LogP contribution in [-0.2, 0) is 30.5 Å². The number of ether oxygens (including phenoxy) is 2. The second kappa shape index (κ2) is 22.1. The highest BCUT2D eigenvalue weighted by Gasteiger charge is 2.50. The highest BCUT2D eigenvalue weighted by Crippen LogP contribution is 2.39. The van der Waals surface area contributed by atoms with E-state index in [0.29, 0.717) is 41.3 Å². The maximum atomic E-state index is 13.6. The molecule has 3 aliphatic rings. The molecule has 2 amide bonds. The number of hydrogen-bond acceptors (Lipinski definition) is 10. The summed E-state index contributed by atoms with van der Waals surface area (Å²) >= 11 is 5.63. The largest absolute Gasteiger partial charge is 0.496 e. The number of rotatable bonds is 8. The van der Waals surface area contributed by atoms with Gasteiger partial charge in [-0.15, -0.1) is 0 Å². The number of nitrogens with one attached hydrogen (secondary N) is 2. The van der Waals surface area contributed by atoms with E-state index in [4.69, 9.17) is 31.1 Å². The third-order valence-corrected chi connectivity index (χ3v) is 12.8. The van der Waals surface area contributed by atoms with E-state index < -0.39 is 5.72 Å². The molecule has 0 aromatic heterocycles. The number of carbonyl (C=O) groups excluding carboxylic acids is 2. The second-order valence-corrected chi connectivity index (χ2v) is 18.0. The zero-order chi connectivity index (χ0) is 49.2. The molecule has 1 spiro atoms. The molecule has 6 aromatic carbocycles. The van der Waals surface area contributed by atoms with Gasteiger partial charge >= 0.3 is 0 Å². The van der Waals surface area contributed by atoms with Crippen LogP contribution in [0.2, 0.25) is 0 Å². The number of amides is 2. The van der Waals surface area contributed by atoms with Gasteiger partial charge in [0.15, 0.2) is 11.0 Å². The number of amidine groups is 1. The fourth-order valence-corrected chi connectivity index (χ4v) is 9.23. The Kier molecular flexibility index (Phi) is 15.9. The maximum absolute atomic E-state index is 13.6. The summed E-state index contributed by atoms with van der Waals surface area (Å²) < 4.78 is 10.7. The molecule has 3 N–H and O–H groups in total. The number of carbonyl (C=O) groups is 2. The molecule has 1 unspecified atom stereocenters. The molecule has 356 valence electrons. The van der Waals surface area contributed by atoms with Crippen LogP contribution in [0.15, 0.2) is 137 Å². The molecule has 1 atom stereocenters. The average molecular weight is 948 g/mol. The zero-order valence-corrected chi connectivity index (χ0v) is 41.2. The number of nitrogens with zero attached hydrogens (tertiary/aromatic N) is 4. The third-order valence-electron chi connectivity index (χ3n) is 12.5. The molecule has 0 bridgehead atoms. The van der Waals surface area contributed by atoms with Crippen LogP contribution in [0.25, 0.3) is 0 Å². The Hall–Kier alpha value is -7.44. The molecule has 0 saturated carbocycles. The van der Waals surface area contributed by atoms with Crippen LogP contribution in [-0.4, -0.2) is 58.7 Å². The molecule has 9 rings (SSSR count). The molecule has 1 heterocycles. The van der Waals surface area contributed by atoms with Gasteiger partial charge in [-0.1, -0.05) is 117 Å². The van der Waals surface area contributed by atoms with Gasteiger partial charge in [-0.25, -0.2) is 10.4 Å². The SMILES string of the molecule is COc1cccc(C(=O)N/N=C2\CCc3ccccc3C2)c1C.COc1cccc(C(=O)NN2C(c3cc(C)cc(C)c3)=NOC23CCc2ccccc2C3)c1C.Cc1cc(C)cc(/C(Cl)=N/O)c1. The lowest BCUT2D eigenvalue weighted by atomic mass is 9.85. The minimum absolute atomic E-state index is 0.127. The van der Waals surface area contributed by atoms with E-state index in [2.05, 4.69) is 94.7 Å². The average Bonchev–Trinajstić information content (AvgIpc) is 3.68. The number of methoxy groups -OCH3 is 2. The Bertz CT molecular complexity index is 2930. The Morgan fingerprint density at radius 2 is 1.22 bits per heavy atom. The summed E-state index contributed by atoms with van der Waals surface area (Å²) in [7, 11) is 3.21. The van der Waals surface area contributed by atoms with Crippen molar-refractivity contribution in [2.75, 3.05) is 14.2 Å². The highest BCUT2D eigenvalue weighted by molar-refractivity contribution is 6.69. The van der Waals surface area contributed by atoms with Crippen LogP contribution in [0, 0.1) is 41.5 Å². The van der Waals surface area contributed by atoms with Crippen molar-refractivity contribution in [1.29, 1.82) is 0 Å². The lowest BCUT2D eigenvalue weighted by Gasteiger charge is -2.40. The molecule has 1 aliphatic heterocycles. The summed E-state index contributed by atoms with van der Waals surface area (Å²) in [4.78, 5) is 32.1. The first kappa shape index (κ1) is 49.5. The Labute approximate surface area is 409 Å². The number of aryl methyl sites for hydroxylation is 6. The van der Waals surface area contributed by atoms with Crippen LogP contribution in [0.5, 0.6) is 11.5 Å². The first-order valence-electron chi connectivity index (χ1n) is 22.9. The maximum Gasteiger partial charge on any atom is 0.271 e. The number of halogens is 1. The van der Waals surface area contributed by atoms with E-state index in [1.54, 1.807) is 26.4 Å². The van der Waals surface area contributed by atoms with Crippen molar-refractivity contribution >= 4 is 40.1 Å². The van der Waals surface area contributed by atoms with Gasteiger partial charge < -0.3 is 19.5 Å². The van der Waals surface area contributed by atoms with Gasteiger partial charge in [0, 0.05) is 58.4 Å². The minimum Gasteiger partial charge on any atom is -0.496 e. The molecule has 13 heteroatoms. The van der Waals surface area contributed by atoms with E-state index in [-0.39, 0.29) is 17.0 Å². The van der Waals surface area contributed by atoms with E-state index >= 15 is 0 Å². The summed E-state index contributed by atoms with van der Waals surface area (Å²) in [5.41, 5.74) is 20.1. The lowest BCUT2D eigenvalue weighted by Crippen LogP contribution is -2.59. The normalized spacial score (nSPS) is 16.4. The summed E-state index contributed by atoms with van der Waals surface area (Å²) in [6.07, 6.45) is 4.83. The van der Waals surface area contributed by atoms with Crippen LogP contribution in [0.3, 0.4) is 0 Å². The number of hydrogen-bond donors (Lipinski definition) is 3. The quantitative estimate of drug-likeness (QED) is 0.0782. The number of oxime groups is 2. The first-order chi connectivity index (χ1) is 33.2. The Morgan fingerprint density at radius 1 is 0.681 bits per heavy atom. The van der Waals surface area contributed by atoms with Gasteiger partial charge in [0.25, 0.3) is 11.8 Å². The molecule has 0 radical (unpaired) electrons. The van der Waals surface area contributed by atoms with E-state index in [0.717, 1.165) is 75.9 Å². The van der Waals surface area contributed by atoms with Crippen LogP contribution in [0.1, 0.15) is 100 Å². The predicted molar refractivity (Wildman–Crippen MR) is 273 cm³/mol. The van der Waals surface area contributed by atoms with Gasteiger partial charge in [0.05, 0.1) is 14.2 Å². The van der Waals surface area contributed by atoms with Crippen LogP contribution >= 0.6 is 11.6 Å². The predicted octanol–water partition coefficient (Wildman–Crippen LogP) is 10.8.